The number of halogens is 3. The van der Waals surface area contributed by atoms with E-state index in [1.54, 1.807) is 0 Å². The lowest BCUT2D eigenvalue weighted by Gasteiger charge is -2.32. The van der Waals surface area contributed by atoms with E-state index >= 15 is 0 Å². The normalized spacial score (nSPS) is 25.8. The van der Waals surface area contributed by atoms with Gasteiger partial charge in [-0.3, -0.25) is 4.79 Å². The standard InChI is InChI=1S/C13H11F3N2O3/c14-13(15,16)7-2-1-3-8(4-7)18-11(19)9-5-21-6-10(9)17-12(18)20/h1-4,9-10H,5-6H2,(H,17,20). The molecule has 21 heavy (non-hydrogen) atoms. The molecule has 0 radical (unpaired) electrons. The van der Waals surface area contributed by atoms with Crippen molar-refractivity contribution >= 4 is 17.6 Å². The molecule has 112 valence electrons. The predicted molar refractivity (Wildman–Crippen MR) is 65.6 cm³/mol. The Bertz CT molecular complexity index is 603. The van der Waals surface area contributed by atoms with E-state index in [0.29, 0.717) is 0 Å². The first kappa shape index (κ1) is 13.9. The van der Waals surface area contributed by atoms with Crippen LogP contribution in [0.15, 0.2) is 24.3 Å². The summed E-state index contributed by atoms with van der Waals surface area (Å²) in [6, 6.07) is 2.99. The van der Waals surface area contributed by atoms with Crippen molar-refractivity contribution in [2.75, 3.05) is 18.1 Å². The molecule has 2 unspecified atom stereocenters. The van der Waals surface area contributed by atoms with Gasteiger partial charge in [-0.1, -0.05) is 6.07 Å². The van der Waals surface area contributed by atoms with Gasteiger partial charge in [0.1, 0.15) is 0 Å². The first-order valence-electron chi connectivity index (χ1n) is 6.27. The number of carbonyl (C=O) groups is 2. The summed E-state index contributed by atoms with van der Waals surface area (Å²) >= 11 is 0. The van der Waals surface area contributed by atoms with E-state index in [4.69, 9.17) is 4.74 Å². The lowest BCUT2D eigenvalue weighted by atomic mass is 9.99. The number of hydrogen-bond donors (Lipinski definition) is 1. The van der Waals surface area contributed by atoms with Crippen molar-refractivity contribution < 1.29 is 27.5 Å². The van der Waals surface area contributed by atoms with Gasteiger partial charge in [-0.05, 0) is 18.2 Å². The Hall–Kier alpha value is -2.09. The summed E-state index contributed by atoms with van der Waals surface area (Å²) in [4.78, 5) is 25.0. The Morgan fingerprint density at radius 2 is 2.00 bits per heavy atom. The van der Waals surface area contributed by atoms with Crippen LogP contribution in [0.1, 0.15) is 5.56 Å². The first-order chi connectivity index (χ1) is 9.88. The second-order valence-electron chi connectivity index (χ2n) is 4.92. The van der Waals surface area contributed by atoms with Gasteiger partial charge in [0.25, 0.3) is 0 Å². The number of nitrogens with zero attached hydrogens (tertiary/aromatic N) is 1. The van der Waals surface area contributed by atoms with Crippen molar-refractivity contribution in [3.63, 3.8) is 0 Å². The van der Waals surface area contributed by atoms with Crippen molar-refractivity contribution in [2.24, 2.45) is 5.92 Å². The number of ether oxygens (including phenoxy) is 1. The van der Waals surface area contributed by atoms with Crippen LogP contribution in [0.3, 0.4) is 0 Å². The fourth-order valence-corrected chi connectivity index (χ4v) is 2.49. The van der Waals surface area contributed by atoms with E-state index in [0.717, 1.165) is 23.1 Å². The number of benzene rings is 1. The average Bonchev–Trinajstić information content (AvgIpc) is 2.86. The molecule has 0 bridgehead atoms. The third-order valence-electron chi connectivity index (χ3n) is 3.56. The molecule has 1 aromatic rings. The maximum Gasteiger partial charge on any atom is 0.416 e. The highest BCUT2D eigenvalue weighted by Crippen LogP contribution is 2.33. The molecule has 8 heteroatoms. The number of imide groups is 1. The topological polar surface area (TPSA) is 58.6 Å². The van der Waals surface area contributed by atoms with Crippen LogP contribution in [0, 0.1) is 5.92 Å². The molecule has 3 rings (SSSR count). The van der Waals surface area contributed by atoms with Gasteiger partial charge < -0.3 is 10.1 Å². The monoisotopic (exact) mass is 300 g/mol. The summed E-state index contributed by atoms with van der Waals surface area (Å²) in [5.74, 6) is -1.10. The van der Waals surface area contributed by atoms with Gasteiger partial charge in [0.05, 0.1) is 36.4 Å². The molecule has 2 heterocycles. The van der Waals surface area contributed by atoms with Crippen molar-refractivity contribution in [3.05, 3.63) is 29.8 Å². The number of urea groups is 1. The lowest BCUT2D eigenvalue weighted by Crippen LogP contribution is -2.60. The van der Waals surface area contributed by atoms with Crippen LogP contribution >= 0.6 is 0 Å². The minimum atomic E-state index is -4.54. The van der Waals surface area contributed by atoms with E-state index in [2.05, 4.69) is 5.32 Å². The molecule has 0 spiro atoms. The summed E-state index contributed by atoms with van der Waals surface area (Å²) in [6.45, 7) is 0.387. The van der Waals surface area contributed by atoms with Crippen LogP contribution in [0.2, 0.25) is 0 Å². The van der Waals surface area contributed by atoms with Crippen molar-refractivity contribution in [1.82, 2.24) is 5.32 Å². The van der Waals surface area contributed by atoms with Gasteiger partial charge in [0.2, 0.25) is 5.91 Å². The van der Waals surface area contributed by atoms with Crippen molar-refractivity contribution in [2.45, 2.75) is 12.2 Å². The van der Waals surface area contributed by atoms with Gasteiger partial charge >= 0.3 is 12.2 Å². The second-order valence-corrected chi connectivity index (χ2v) is 4.92. The SMILES string of the molecule is O=C1NC2COCC2C(=O)N1c1cccc(C(F)(F)F)c1. The zero-order valence-corrected chi connectivity index (χ0v) is 10.7. The van der Waals surface area contributed by atoms with Gasteiger partial charge in [0.15, 0.2) is 0 Å². The van der Waals surface area contributed by atoms with Crippen LogP contribution in [0.4, 0.5) is 23.7 Å². The van der Waals surface area contributed by atoms with E-state index < -0.39 is 35.6 Å². The molecule has 2 aliphatic heterocycles. The quantitative estimate of drug-likeness (QED) is 0.860. The summed E-state index contributed by atoms with van der Waals surface area (Å²) in [5, 5.41) is 2.58. The Morgan fingerprint density at radius 1 is 1.24 bits per heavy atom. The van der Waals surface area contributed by atoms with Crippen molar-refractivity contribution in [3.8, 4) is 0 Å². The molecule has 1 aromatic carbocycles. The van der Waals surface area contributed by atoms with Crippen LogP contribution in [0.25, 0.3) is 0 Å². The largest absolute Gasteiger partial charge is 0.416 e. The van der Waals surface area contributed by atoms with Crippen molar-refractivity contribution in [1.29, 1.82) is 0 Å². The van der Waals surface area contributed by atoms with E-state index in [1.165, 1.54) is 6.07 Å². The van der Waals surface area contributed by atoms with Gasteiger partial charge in [0, 0.05) is 0 Å². The number of amides is 3. The number of anilines is 1. The lowest BCUT2D eigenvalue weighted by molar-refractivity contribution is -0.137. The highest BCUT2D eigenvalue weighted by molar-refractivity contribution is 6.17. The smallest absolute Gasteiger partial charge is 0.378 e. The minimum absolute atomic E-state index is 0.0994. The maximum atomic E-state index is 12.7. The third kappa shape index (κ3) is 2.35. The van der Waals surface area contributed by atoms with E-state index in [-0.39, 0.29) is 18.9 Å². The average molecular weight is 300 g/mol. The Kier molecular flexibility index (Phi) is 3.12. The van der Waals surface area contributed by atoms with Gasteiger partial charge in [-0.2, -0.15) is 13.2 Å². The molecule has 0 aromatic heterocycles. The molecular weight excluding hydrogens is 289 g/mol. The zero-order chi connectivity index (χ0) is 15.2. The number of alkyl halides is 3. The van der Waals surface area contributed by atoms with Crippen LogP contribution in [-0.4, -0.2) is 31.2 Å². The fourth-order valence-electron chi connectivity index (χ4n) is 2.49. The molecule has 2 aliphatic rings. The van der Waals surface area contributed by atoms with Gasteiger partial charge in [-0.25, -0.2) is 9.69 Å². The summed E-state index contributed by atoms with van der Waals surface area (Å²) in [7, 11) is 0. The number of hydrogen-bond acceptors (Lipinski definition) is 3. The Labute approximate surface area is 117 Å². The summed E-state index contributed by atoms with van der Waals surface area (Å²) < 4.78 is 43.3. The summed E-state index contributed by atoms with van der Waals surface area (Å²) in [5.41, 5.74) is -1.01. The van der Waals surface area contributed by atoms with E-state index in [1.807, 2.05) is 0 Å². The predicted octanol–water partition coefficient (Wildman–Crippen LogP) is 1.78. The molecule has 2 atom stereocenters. The number of nitrogens with one attached hydrogen (secondary N) is 1. The fraction of sp³-hybridized carbons (Fsp3) is 0.385. The first-order valence-corrected chi connectivity index (χ1v) is 6.27. The Balaban J connectivity index is 1.96. The zero-order valence-electron chi connectivity index (χ0n) is 10.7. The highest BCUT2D eigenvalue weighted by atomic mass is 19.4. The van der Waals surface area contributed by atoms with Crippen LogP contribution in [0.5, 0.6) is 0 Å². The molecule has 0 aliphatic carbocycles. The highest BCUT2D eigenvalue weighted by Gasteiger charge is 2.45. The molecule has 2 fully saturated rings. The van der Waals surface area contributed by atoms with Crippen LogP contribution in [-0.2, 0) is 15.7 Å². The molecule has 5 nitrogen and oxygen atoms in total. The second kappa shape index (κ2) is 4.73. The molecule has 3 amide bonds. The number of fused-ring (bicyclic) bond motifs is 1. The molecule has 0 saturated carbocycles. The summed E-state index contributed by atoms with van der Waals surface area (Å²) in [6.07, 6.45) is -4.54. The number of rotatable bonds is 1. The van der Waals surface area contributed by atoms with E-state index in [9.17, 15) is 22.8 Å². The Morgan fingerprint density at radius 3 is 2.71 bits per heavy atom. The van der Waals surface area contributed by atoms with Gasteiger partial charge in [-0.15, -0.1) is 0 Å². The third-order valence-corrected chi connectivity index (χ3v) is 3.56. The minimum Gasteiger partial charge on any atom is -0.378 e. The number of carbonyl (C=O) groups excluding carboxylic acids is 2. The molecule has 1 N–H and O–H groups in total. The molecule has 2 saturated heterocycles. The maximum absolute atomic E-state index is 12.7. The van der Waals surface area contributed by atoms with Crippen LogP contribution < -0.4 is 10.2 Å². The molecular formula is C13H11F3N2O3.